The number of benzene rings is 6. The van der Waals surface area contributed by atoms with Crippen molar-refractivity contribution in [2.45, 2.75) is 0 Å². The van der Waals surface area contributed by atoms with E-state index in [9.17, 15) is 0 Å². The molecule has 0 saturated heterocycles. The van der Waals surface area contributed by atoms with Gasteiger partial charge in [0.05, 0.1) is 0 Å². The van der Waals surface area contributed by atoms with Crippen molar-refractivity contribution >= 4 is 85.3 Å². The summed E-state index contributed by atoms with van der Waals surface area (Å²) in [5.41, 5.74) is 0. The molecule has 0 radical (unpaired) electrons. The minimum Gasteiger partial charge on any atom is -0.0622 e. The molecule has 0 saturated carbocycles. The Balaban J connectivity index is 0.000000204. The molecule has 44 heavy (non-hydrogen) atoms. The van der Waals surface area contributed by atoms with Crippen molar-refractivity contribution in [1.82, 2.24) is 0 Å². The van der Waals surface area contributed by atoms with Crippen molar-refractivity contribution < 1.29 is 33.0 Å². The molecule has 6 aromatic carbocycles. The zero-order valence-electron chi connectivity index (χ0n) is 23.4. The number of hydrogen-bond acceptors (Lipinski definition) is 0. The Kier molecular flexibility index (Phi) is 19.5. The molecule has 0 aliphatic carbocycles. The molecule has 0 unspecified atom stereocenters. The van der Waals surface area contributed by atoms with Crippen LogP contribution in [0.15, 0.2) is 182 Å². The van der Waals surface area contributed by atoms with Crippen LogP contribution < -0.4 is 31.8 Å². The first kappa shape index (κ1) is 37.2. The predicted octanol–water partition coefficient (Wildman–Crippen LogP) is 9.64. The Labute approximate surface area is 297 Å². The summed E-state index contributed by atoms with van der Waals surface area (Å²) in [6, 6.07) is 64.7. The maximum Gasteiger partial charge on any atom is -0.0134 e. The van der Waals surface area contributed by atoms with Gasteiger partial charge in [-0.05, 0) is 47.7 Å². The minimum absolute atomic E-state index is 0.446. The summed E-state index contributed by atoms with van der Waals surface area (Å²) in [4.78, 5) is 0. The second kappa shape index (κ2) is 23.1. The van der Waals surface area contributed by atoms with Gasteiger partial charge in [0.25, 0.3) is 0 Å². The van der Waals surface area contributed by atoms with Crippen LogP contribution in [-0.2, 0) is 33.0 Å². The standard InChI is InChI=1S/2C18H15P.4ClH.2Pt/c2*1-4-10-16(11-5-1)19(17-12-6-2-7-13-17)18-14-8-3-9-15-18;;;;;;/h2*1-15H;4*1H;;/q;;;;;;2*+2/p-4. The summed E-state index contributed by atoms with van der Waals surface area (Å²) in [6.45, 7) is 0. The van der Waals surface area contributed by atoms with Crippen LogP contribution in [0.25, 0.3) is 0 Å². The van der Waals surface area contributed by atoms with Crippen molar-refractivity contribution in [2.24, 2.45) is 0 Å². The molecule has 0 aliphatic rings. The smallest absolute Gasteiger partial charge is 0.0134 e. The van der Waals surface area contributed by atoms with E-state index >= 15 is 0 Å². The predicted molar refractivity (Wildman–Crippen MR) is 194 cm³/mol. The first-order valence-electron chi connectivity index (χ1n) is 13.3. The fourth-order valence-corrected chi connectivity index (χ4v) is 8.97. The first-order valence-corrected chi connectivity index (χ1v) is 27.2. The zero-order valence-corrected chi connectivity index (χ0v) is 32.7. The van der Waals surface area contributed by atoms with E-state index in [1.54, 1.807) is 0 Å². The first-order chi connectivity index (χ1) is 21.7. The van der Waals surface area contributed by atoms with Gasteiger partial charge in [0, 0.05) is 0 Å². The average Bonchev–Trinajstić information content (AvgIpc) is 3.09. The molecule has 0 N–H and O–H groups in total. The summed E-state index contributed by atoms with van der Waals surface area (Å²) >= 11 is -0.944. The quantitative estimate of drug-likeness (QED) is 0.146. The topological polar surface area (TPSA) is 0 Å². The van der Waals surface area contributed by atoms with Crippen LogP contribution >= 0.6 is 53.5 Å². The summed E-state index contributed by atoms with van der Waals surface area (Å²) in [7, 11) is 18.6. The Morgan fingerprint density at radius 1 is 0.250 bits per heavy atom. The molecule has 6 rings (SSSR count). The van der Waals surface area contributed by atoms with E-state index in [4.69, 9.17) is 37.7 Å². The third-order valence-corrected chi connectivity index (χ3v) is 11.0. The fourth-order valence-electron chi connectivity index (χ4n) is 4.36. The van der Waals surface area contributed by atoms with E-state index in [-0.39, 0.29) is 0 Å². The van der Waals surface area contributed by atoms with Crippen molar-refractivity contribution in [3.05, 3.63) is 182 Å². The number of rotatable bonds is 6. The van der Waals surface area contributed by atoms with Crippen LogP contribution in [-0.4, -0.2) is 0 Å². The third kappa shape index (κ3) is 12.8. The summed E-state index contributed by atoms with van der Waals surface area (Å²) in [5, 5.41) is 8.39. The molecule has 0 atom stereocenters. The molecule has 0 aromatic heterocycles. The molecule has 8 heteroatoms. The van der Waals surface area contributed by atoms with Gasteiger partial charge in [-0.25, -0.2) is 0 Å². The van der Waals surface area contributed by atoms with Crippen LogP contribution in [0.4, 0.5) is 0 Å². The number of halogens is 4. The van der Waals surface area contributed by atoms with Gasteiger partial charge in [0.15, 0.2) is 0 Å². The molecule has 0 nitrogen and oxygen atoms in total. The average molecular weight is 1060 g/mol. The summed E-state index contributed by atoms with van der Waals surface area (Å²) < 4.78 is 0. The molecule has 0 fully saturated rings. The van der Waals surface area contributed by atoms with Crippen LogP contribution in [0, 0.1) is 0 Å². The molecule has 0 spiro atoms. The zero-order chi connectivity index (χ0) is 31.2. The van der Waals surface area contributed by atoms with Gasteiger partial charge in [0.1, 0.15) is 0 Å². The van der Waals surface area contributed by atoms with Gasteiger partial charge in [-0.2, -0.15) is 0 Å². The van der Waals surface area contributed by atoms with Crippen molar-refractivity contribution in [3.8, 4) is 0 Å². The van der Waals surface area contributed by atoms with E-state index < -0.39 is 48.8 Å². The maximum absolute atomic E-state index is 4.88. The fraction of sp³-hybridized carbons (Fsp3) is 0. The van der Waals surface area contributed by atoms with Gasteiger partial charge in [-0.3, -0.25) is 0 Å². The molecule has 232 valence electrons. The SMILES string of the molecule is [Cl][Pt][Cl].[Cl][Pt][Cl].c1ccc(P(c2ccccc2)c2ccccc2)cc1.c1ccc(P(c2ccccc2)c2ccccc2)cc1. The van der Waals surface area contributed by atoms with Crippen LogP contribution in [0.3, 0.4) is 0 Å². The molecule has 0 bridgehead atoms. The van der Waals surface area contributed by atoms with Gasteiger partial charge in [-0.15, -0.1) is 0 Å². The largest absolute Gasteiger partial charge is 0.0622 e. The van der Waals surface area contributed by atoms with Crippen LogP contribution in [0.5, 0.6) is 0 Å². The molecular formula is C36H30Cl4P2Pt2. The Morgan fingerprint density at radius 3 is 0.477 bits per heavy atom. The van der Waals surface area contributed by atoms with Gasteiger partial charge in [-0.1, -0.05) is 182 Å². The van der Waals surface area contributed by atoms with Crippen LogP contribution in [0.2, 0.25) is 0 Å². The third-order valence-electron chi connectivity index (χ3n) is 6.09. The van der Waals surface area contributed by atoms with Crippen molar-refractivity contribution in [1.29, 1.82) is 0 Å². The van der Waals surface area contributed by atoms with E-state index in [0.717, 1.165) is 0 Å². The summed E-state index contributed by atoms with van der Waals surface area (Å²) in [6.07, 6.45) is 0. The number of hydrogen-bond donors (Lipinski definition) is 0. The monoisotopic (exact) mass is 1050 g/mol. The summed E-state index contributed by atoms with van der Waals surface area (Å²) in [5.74, 6) is 0. The van der Waals surface area contributed by atoms with E-state index in [1.165, 1.54) is 31.8 Å². The Bertz CT molecular complexity index is 1230. The van der Waals surface area contributed by atoms with Gasteiger partial charge in [0.2, 0.25) is 0 Å². The Morgan fingerprint density at radius 2 is 0.364 bits per heavy atom. The van der Waals surface area contributed by atoms with E-state index in [1.807, 2.05) is 0 Å². The van der Waals surface area contributed by atoms with Gasteiger partial charge >= 0.3 is 70.6 Å². The second-order valence-corrected chi connectivity index (χ2v) is 19.8. The second-order valence-electron chi connectivity index (χ2n) is 8.77. The Hall–Kier alpha value is -1.28. The molecular weight excluding hydrogens is 1030 g/mol. The normalized spacial score (nSPS) is 10.1. The maximum atomic E-state index is 4.88. The van der Waals surface area contributed by atoms with E-state index in [2.05, 4.69) is 182 Å². The minimum atomic E-state index is -0.472. The van der Waals surface area contributed by atoms with E-state index in [0.29, 0.717) is 0 Å². The molecule has 0 amide bonds. The van der Waals surface area contributed by atoms with Gasteiger partial charge < -0.3 is 0 Å². The van der Waals surface area contributed by atoms with Crippen molar-refractivity contribution in [2.75, 3.05) is 0 Å². The van der Waals surface area contributed by atoms with Crippen LogP contribution in [0.1, 0.15) is 0 Å². The molecule has 0 aliphatic heterocycles. The molecule has 6 aromatic rings. The van der Waals surface area contributed by atoms with Crippen molar-refractivity contribution in [3.63, 3.8) is 0 Å². The molecule has 0 heterocycles.